The molecule has 1 aliphatic heterocycles. The van der Waals surface area contributed by atoms with Crippen LogP contribution in [-0.2, 0) is 14.8 Å². The van der Waals surface area contributed by atoms with Gasteiger partial charge in [-0.15, -0.1) is 0 Å². The monoisotopic (exact) mass is 482 g/mol. The number of halogens is 1. The number of nitrogens with one attached hydrogen (secondary N) is 1. The van der Waals surface area contributed by atoms with E-state index in [4.69, 9.17) is 25.8 Å². The van der Waals surface area contributed by atoms with Gasteiger partial charge in [0.15, 0.2) is 0 Å². The molecule has 1 atom stereocenters. The average molecular weight is 483 g/mol. The number of benzene rings is 2. The molecule has 1 fully saturated rings. The number of carbonyl (C=O) groups excluding carboxylic acids is 1. The largest absolute Gasteiger partial charge is 0.497 e. The maximum Gasteiger partial charge on any atom is 0.243 e. The molecule has 0 radical (unpaired) electrons. The van der Waals surface area contributed by atoms with Crippen LogP contribution in [0.2, 0.25) is 5.02 Å². The molecule has 1 heterocycles. The third-order valence-electron chi connectivity index (χ3n) is 5.26. The number of hydrogen-bond donors (Lipinski definition) is 1. The summed E-state index contributed by atoms with van der Waals surface area (Å²) in [5.41, 5.74) is 0.497. The lowest BCUT2D eigenvalue weighted by Crippen LogP contribution is -2.43. The van der Waals surface area contributed by atoms with Gasteiger partial charge in [0.25, 0.3) is 0 Å². The molecule has 2 aromatic rings. The van der Waals surface area contributed by atoms with Gasteiger partial charge in [0.2, 0.25) is 15.9 Å². The molecule has 3 rings (SSSR count). The number of ether oxygens (including phenoxy) is 3. The minimum Gasteiger partial charge on any atom is -0.497 e. The number of carbonyl (C=O) groups is 1. The number of methoxy groups -OCH3 is 2. The van der Waals surface area contributed by atoms with Crippen molar-refractivity contribution in [1.82, 2.24) is 4.31 Å². The summed E-state index contributed by atoms with van der Waals surface area (Å²) in [6, 6.07) is 9.47. The Hall–Kier alpha value is -2.49. The summed E-state index contributed by atoms with van der Waals surface area (Å²) < 4.78 is 43.5. The summed E-state index contributed by atoms with van der Waals surface area (Å²) in [5.74, 6) is 0.727. The van der Waals surface area contributed by atoms with Gasteiger partial charge >= 0.3 is 0 Å². The Morgan fingerprint density at radius 3 is 2.59 bits per heavy atom. The van der Waals surface area contributed by atoms with Crippen LogP contribution in [0.3, 0.4) is 0 Å². The van der Waals surface area contributed by atoms with Crippen molar-refractivity contribution in [2.45, 2.75) is 24.7 Å². The van der Waals surface area contributed by atoms with Crippen molar-refractivity contribution in [1.29, 1.82) is 0 Å². The van der Waals surface area contributed by atoms with E-state index in [1.165, 1.54) is 23.5 Å². The molecular formula is C22H27ClN2O6S. The fourth-order valence-corrected chi connectivity index (χ4v) is 5.43. The zero-order valence-corrected chi connectivity index (χ0v) is 19.8. The Labute approximate surface area is 193 Å². The third-order valence-corrected chi connectivity index (χ3v) is 7.42. The molecular weight excluding hydrogens is 456 g/mol. The van der Waals surface area contributed by atoms with Crippen molar-refractivity contribution in [2.24, 2.45) is 5.92 Å². The Kier molecular flexibility index (Phi) is 7.86. The Bertz CT molecular complexity index is 1080. The quantitative estimate of drug-likeness (QED) is 0.615. The number of hydrogen-bond acceptors (Lipinski definition) is 6. The molecule has 32 heavy (non-hydrogen) atoms. The summed E-state index contributed by atoms with van der Waals surface area (Å²) in [6.45, 7) is 2.66. The van der Waals surface area contributed by atoms with E-state index in [1.54, 1.807) is 31.4 Å². The molecule has 0 aliphatic carbocycles. The van der Waals surface area contributed by atoms with Crippen LogP contribution in [0.15, 0.2) is 41.3 Å². The fourth-order valence-electron chi connectivity index (χ4n) is 3.57. The highest BCUT2D eigenvalue weighted by Gasteiger charge is 2.34. The highest BCUT2D eigenvalue weighted by Crippen LogP contribution is 2.32. The molecule has 1 N–H and O–H groups in total. The van der Waals surface area contributed by atoms with Gasteiger partial charge in [-0.05, 0) is 50.1 Å². The van der Waals surface area contributed by atoms with Crippen molar-refractivity contribution in [2.75, 3.05) is 39.2 Å². The number of rotatable bonds is 8. The van der Waals surface area contributed by atoms with Crippen molar-refractivity contribution < 1.29 is 27.4 Å². The van der Waals surface area contributed by atoms with Gasteiger partial charge in [0.1, 0.15) is 17.2 Å². The summed E-state index contributed by atoms with van der Waals surface area (Å²) >= 11 is 6.18. The van der Waals surface area contributed by atoms with Gasteiger partial charge < -0.3 is 19.5 Å². The van der Waals surface area contributed by atoms with Gasteiger partial charge in [-0.3, -0.25) is 4.79 Å². The molecule has 0 saturated carbocycles. The van der Waals surface area contributed by atoms with Gasteiger partial charge in [-0.1, -0.05) is 11.6 Å². The van der Waals surface area contributed by atoms with E-state index < -0.39 is 15.9 Å². The molecule has 10 heteroatoms. The SMILES string of the molecule is CCOc1ccc(S(=O)(=O)N2CCC[C@@H](C(=O)Nc3ccc(OC)cc3OC)C2)cc1Cl. The maximum atomic E-state index is 13.2. The first-order chi connectivity index (χ1) is 15.3. The number of amides is 1. The first kappa shape index (κ1) is 24.2. The molecule has 2 aromatic carbocycles. The molecule has 1 amide bonds. The van der Waals surface area contributed by atoms with Gasteiger partial charge in [-0.2, -0.15) is 4.31 Å². The summed E-state index contributed by atoms with van der Waals surface area (Å²) in [7, 11) is -0.761. The zero-order valence-electron chi connectivity index (χ0n) is 18.3. The predicted molar refractivity (Wildman–Crippen MR) is 122 cm³/mol. The molecule has 0 spiro atoms. The van der Waals surface area contributed by atoms with Crippen LogP contribution in [-0.4, -0.2) is 52.5 Å². The second-order valence-electron chi connectivity index (χ2n) is 7.28. The number of sulfonamides is 1. The number of nitrogens with zero attached hydrogens (tertiary/aromatic N) is 1. The predicted octanol–water partition coefficient (Wildman–Crippen LogP) is 3.80. The molecule has 0 bridgehead atoms. The lowest BCUT2D eigenvalue weighted by Gasteiger charge is -2.31. The molecule has 1 aliphatic rings. The average Bonchev–Trinajstić information content (AvgIpc) is 2.80. The standard InChI is InChI=1S/C22H27ClN2O6S/c1-4-31-20-10-8-17(13-18(20)23)32(27,28)25-11-5-6-15(14-25)22(26)24-19-9-7-16(29-2)12-21(19)30-3/h7-10,12-13,15H,4-6,11,14H2,1-3H3,(H,24,26)/t15-/m1/s1. The van der Waals surface area contributed by atoms with Crippen molar-refractivity contribution >= 4 is 33.2 Å². The minimum atomic E-state index is -3.81. The van der Waals surface area contributed by atoms with Crippen LogP contribution in [0.4, 0.5) is 5.69 Å². The number of piperidine rings is 1. The van der Waals surface area contributed by atoms with E-state index in [0.717, 1.165) is 0 Å². The van der Waals surface area contributed by atoms with Gasteiger partial charge in [-0.25, -0.2) is 8.42 Å². The van der Waals surface area contributed by atoms with E-state index in [9.17, 15) is 13.2 Å². The highest BCUT2D eigenvalue weighted by atomic mass is 35.5. The van der Waals surface area contributed by atoms with Crippen molar-refractivity contribution in [3.63, 3.8) is 0 Å². The molecule has 8 nitrogen and oxygen atoms in total. The van der Waals surface area contributed by atoms with E-state index >= 15 is 0 Å². The Morgan fingerprint density at radius 2 is 1.94 bits per heavy atom. The van der Waals surface area contributed by atoms with Crippen LogP contribution in [0.1, 0.15) is 19.8 Å². The van der Waals surface area contributed by atoms with Crippen molar-refractivity contribution in [3.05, 3.63) is 41.4 Å². The van der Waals surface area contributed by atoms with Crippen molar-refractivity contribution in [3.8, 4) is 17.2 Å². The first-order valence-corrected chi connectivity index (χ1v) is 12.1. The lowest BCUT2D eigenvalue weighted by molar-refractivity contribution is -0.120. The van der Waals surface area contributed by atoms with Crippen LogP contribution in [0, 0.1) is 5.92 Å². The zero-order chi connectivity index (χ0) is 23.3. The second-order valence-corrected chi connectivity index (χ2v) is 9.63. The molecule has 0 aromatic heterocycles. The van der Waals surface area contributed by atoms with E-state index in [0.29, 0.717) is 48.9 Å². The van der Waals surface area contributed by atoms with Gasteiger partial charge in [0.05, 0.1) is 42.3 Å². The maximum absolute atomic E-state index is 13.2. The Morgan fingerprint density at radius 1 is 1.16 bits per heavy atom. The molecule has 1 saturated heterocycles. The van der Waals surface area contributed by atoms with Crippen LogP contribution in [0.25, 0.3) is 0 Å². The van der Waals surface area contributed by atoms with Crippen LogP contribution >= 0.6 is 11.6 Å². The summed E-state index contributed by atoms with van der Waals surface area (Å²) in [6.07, 6.45) is 1.15. The van der Waals surface area contributed by atoms with Crippen LogP contribution in [0.5, 0.6) is 17.2 Å². The Balaban J connectivity index is 1.74. The van der Waals surface area contributed by atoms with Gasteiger partial charge in [0, 0.05) is 19.2 Å². The number of anilines is 1. The smallest absolute Gasteiger partial charge is 0.243 e. The molecule has 0 unspecified atom stereocenters. The normalized spacial score (nSPS) is 16.9. The van der Waals surface area contributed by atoms with Crippen LogP contribution < -0.4 is 19.5 Å². The minimum absolute atomic E-state index is 0.0730. The summed E-state index contributed by atoms with van der Waals surface area (Å²) in [4.78, 5) is 13.0. The van der Waals surface area contributed by atoms with E-state index in [2.05, 4.69) is 5.32 Å². The first-order valence-electron chi connectivity index (χ1n) is 10.3. The summed E-state index contributed by atoms with van der Waals surface area (Å²) in [5, 5.41) is 3.07. The lowest BCUT2D eigenvalue weighted by atomic mass is 9.98. The van der Waals surface area contributed by atoms with E-state index in [-0.39, 0.29) is 22.4 Å². The second kappa shape index (κ2) is 10.4. The fraction of sp³-hybridized carbons (Fsp3) is 0.409. The topological polar surface area (TPSA) is 94.2 Å². The third kappa shape index (κ3) is 5.28. The highest BCUT2D eigenvalue weighted by molar-refractivity contribution is 7.89. The van der Waals surface area contributed by atoms with E-state index in [1.807, 2.05) is 6.92 Å². The molecule has 174 valence electrons.